The summed E-state index contributed by atoms with van der Waals surface area (Å²) in [5.41, 5.74) is -0.645. The van der Waals surface area contributed by atoms with Gasteiger partial charge in [-0.1, -0.05) is 0 Å². The first-order valence-electron chi connectivity index (χ1n) is 6.85. The first-order chi connectivity index (χ1) is 8.78. The minimum absolute atomic E-state index is 0.451. The second-order valence-corrected chi connectivity index (χ2v) is 8.42. The van der Waals surface area contributed by atoms with Gasteiger partial charge in [-0.15, -0.1) is 0 Å². The van der Waals surface area contributed by atoms with Gasteiger partial charge in [0.15, 0.2) is 9.84 Å². The Labute approximate surface area is 116 Å². The van der Waals surface area contributed by atoms with Gasteiger partial charge in [0.2, 0.25) is 0 Å². The van der Waals surface area contributed by atoms with Crippen molar-refractivity contribution < 1.29 is 8.42 Å². The smallest absolute Gasteiger partial charge is 0.151 e. The summed E-state index contributed by atoms with van der Waals surface area (Å²) in [6.45, 7) is 8.84. The zero-order chi connectivity index (χ0) is 14.3. The van der Waals surface area contributed by atoms with Gasteiger partial charge in [0.1, 0.15) is 0 Å². The summed E-state index contributed by atoms with van der Waals surface area (Å²) < 4.78 is 23.1. The summed E-state index contributed by atoms with van der Waals surface area (Å²) in [6, 6.07) is 2.81. The predicted octanol–water partition coefficient (Wildman–Crippen LogP) is 0.339. The van der Waals surface area contributed by atoms with E-state index in [-0.39, 0.29) is 0 Å². The molecule has 1 saturated carbocycles. The average molecular weight is 285 g/mol. The molecule has 2 unspecified atom stereocenters. The predicted molar refractivity (Wildman–Crippen MR) is 74.4 cm³/mol. The first kappa shape index (κ1) is 14.8. The van der Waals surface area contributed by atoms with E-state index in [0.29, 0.717) is 19.0 Å². The summed E-state index contributed by atoms with van der Waals surface area (Å²) in [4.78, 5) is 4.66. The average Bonchev–Trinajstić information content (AvgIpc) is 3.05. The van der Waals surface area contributed by atoms with Crippen molar-refractivity contribution in [2.45, 2.75) is 31.6 Å². The molecule has 108 valence electrons. The molecule has 1 aliphatic carbocycles. The molecule has 1 saturated heterocycles. The van der Waals surface area contributed by atoms with Crippen LogP contribution in [0.2, 0.25) is 0 Å². The molecule has 0 spiro atoms. The maximum absolute atomic E-state index is 11.6. The highest BCUT2D eigenvalue weighted by molar-refractivity contribution is 7.91. The van der Waals surface area contributed by atoms with Gasteiger partial charge in [0.05, 0.1) is 16.7 Å². The van der Waals surface area contributed by atoms with Gasteiger partial charge in [0.25, 0.3) is 0 Å². The fraction of sp³-hybridized carbons (Fsp3) is 0.923. The van der Waals surface area contributed by atoms with Crippen LogP contribution in [-0.4, -0.2) is 68.5 Å². The molecule has 5 nitrogen and oxygen atoms in total. The molecular formula is C13H23N3O2S. The molecule has 0 bridgehead atoms. The van der Waals surface area contributed by atoms with Gasteiger partial charge < -0.3 is 0 Å². The molecule has 0 aromatic carbocycles. The Morgan fingerprint density at radius 2 is 1.89 bits per heavy atom. The molecule has 0 aromatic rings. The Morgan fingerprint density at radius 3 is 2.26 bits per heavy atom. The number of hydrogen-bond acceptors (Lipinski definition) is 5. The van der Waals surface area contributed by atoms with E-state index in [2.05, 4.69) is 29.7 Å². The lowest BCUT2D eigenvalue weighted by atomic mass is 10.1. The third-order valence-electron chi connectivity index (χ3n) is 4.39. The van der Waals surface area contributed by atoms with E-state index in [1.54, 1.807) is 0 Å². The molecular weight excluding hydrogens is 262 g/mol. The number of nitrogens with zero attached hydrogens (tertiary/aromatic N) is 3. The zero-order valence-corrected chi connectivity index (χ0v) is 12.8. The SMILES string of the molecule is CC(C)N1CCN(CC2(C#N)CC2S(C)(=O)=O)CC1. The maximum atomic E-state index is 11.6. The molecule has 6 heteroatoms. The topological polar surface area (TPSA) is 64.4 Å². The number of piperazine rings is 1. The summed E-state index contributed by atoms with van der Waals surface area (Å²) in [6.07, 6.45) is 1.75. The Bertz CT molecular complexity index is 475. The van der Waals surface area contributed by atoms with Crippen molar-refractivity contribution >= 4 is 9.84 Å². The number of hydrogen-bond donors (Lipinski definition) is 0. The lowest BCUT2D eigenvalue weighted by Gasteiger charge is -2.37. The minimum atomic E-state index is -3.08. The van der Waals surface area contributed by atoms with Crippen molar-refractivity contribution in [3.05, 3.63) is 0 Å². The third kappa shape index (κ3) is 3.10. The molecule has 2 fully saturated rings. The molecule has 0 N–H and O–H groups in total. The zero-order valence-electron chi connectivity index (χ0n) is 12.0. The van der Waals surface area contributed by atoms with Crippen molar-refractivity contribution in [1.82, 2.24) is 9.80 Å². The highest BCUT2D eigenvalue weighted by Crippen LogP contribution is 2.50. The second kappa shape index (κ2) is 5.04. The van der Waals surface area contributed by atoms with Crippen LogP contribution >= 0.6 is 0 Å². The maximum Gasteiger partial charge on any atom is 0.151 e. The first-order valence-corrected chi connectivity index (χ1v) is 8.80. The summed E-state index contributed by atoms with van der Waals surface area (Å²) >= 11 is 0. The quantitative estimate of drug-likeness (QED) is 0.745. The lowest BCUT2D eigenvalue weighted by Crippen LogP contribution is -2.50. The molecule has 0 aromatic heterocycles. The van der Waals surface area contributed by atoms with E-state index in [0.717, 1.165) is 26.2 Å². The number of sulfone groups is 1. The van der Waals surface area contributed by atoms with Crippen molar-refractivity contribution in [2.24, 2.45) is 5.41 Å². The molecule has 0 radical (unpaired) electrons. The molecule has 2 aliphatic rings. The van der Waals surface area contributed by atoms with Gasteiger partial charge in [-0.25, -0.2) is 8.42 Å². The molecule has 1 aliphatic heterocycles. The fourth-order valence-electron chi connectivity index (χ4n) is 2.99. The van der Waals surface area contributed by atoms with Crippen LogP contribution in [0.25, 0.3) is 0 Å². The molecule has 2 rings (SSSR count). The van der Waals surface area contributed by atoms with E-state index in [4.69, 9.17) is 0 Å². The van der Waals surface area contributed by atoms with E-state index < -0.39 is 20.5 Å². The van der Waals surface area contributed by atoms with E-state index in [9.17, 15) is 13.7 Å². The normalized spacial score (nSPS) is 33.3. The molecule has 0 amide bonds. The minimum Gasteiger partial charge on any atom is -0.299 e. The third-order valence-corrected chi connectivity index (χ3v) is 6.04. The van der Waals surface area contributed by atoms with Crippen molar-refractivity contribution in [3.8, 4) is 6.07 Å². The Morgan fingerprint density at radius 1 is 1.32 bits per heavy atom. The summed E-state index contributed by atoms with van der Waals surface area (Å²) in [5, 5.41) is 8.86. The van der Waals surface area contributed by atoms with Crippen molar-refractivity contribution in [1.29, 1.82) is 5.26 Å². The fourth-order valence-corrected chi connectivity index (χ4v) is 4.54. The van der Waals surface area contributed by atoms with Crippen LogP contribution in [0.15, 0.2) is 0 Å². The number of nitriles is 1. The second-order valence-electron chi connectivity index (χ2n) is 6.20. The standard InChI is InChI=1S/C13H23N3O2S/c1-11(2)16-6-4-15(5-7-16)10-13(9-14)8-12(13)19(3,17)18/h11-12H,4-8,10H2,1-3H3. The Balaban J connectivity index is 1.92. The highest BCUT2D eigenvalue weighted by atomic mass is 32.2. The van der Waals surface area contributed by atoms with Gasteiger partial charge in [0, 0.05) is 45.0 Å². The van der Waals surface area contributed by atoms with Crippen LogP contribution in [0, 0.1) is 16.7 Å². The number of rotatable bonds is 4. The Kier molecular flexibility index (Phi) is 3.92. The van der Waals surface area contributed by atoms with Crippen molar-refractivity contribution in [2.75, 3.05) is 39.0 Å². The largest absolute Gasteiger partial charge is 0.299 e. The van der Waals surface area contributed by atoms with Gasteiger partial charge in [-0.05, 0) is 20.3 Å². The van der Waals surface area contributed by atoms with Crippen LogP contribution in [0.5, 0.6) is 0 Å². The summed E-state index contributed by atoms with van der Waals surface area (Å²) in [5.74, 6) is 0. The van der Waals surface area contributed by atoms with E-state index >= 15 is 0 Å². The monoisotopic (exact) mass is 285 g/mol. The van der Waals surface area contributed by atoms with Crippen LogP contribution in [0.3, 0.4) is 0 Å². The van der Waals surface area contributed by atoms with Gasteiger partial charge in [-0.3, -0.25) is 9.80 Å². The summed E-state index contributed by atoms with van der Waals surface area (Å²) in [7, 11) is -3.08. The van der Waals surface area contributed by atoms with E-state index in [1.165, 1.54) is 6.26 Å². The van der Waals surface area contributed by atoms with Crippen molar-refractivity contribution in [3.63, 3.8) is 0 Å². The Hall–Kier alpha value is -0.640. The van der Waals surface area contributed by atoms with E-state index in [1.807, 2.05) is 0 Å². The van der Waals surface area contributed by atoms with Crippen LogP contribution in [0.1, 0.15) is 20.3 Å². The van der Waals surface area contributed by atoms with Crippen LogP contribution < -0.4 is 0 Å². The highest BCUT2D eigenvalue weighted by Gasteiger charge is 2.61. The lowest BCUT2D eigenvalue weighted by molar-refractivity contribution is 0.0997. The van der Waals surface area contributed by atoms with Gasteiger partial charge in [-0.2, -0.15) is 5.26 Å². The van der Waals surface area contributed by atoms with Crippen LogP contribution in [0.4, 0.5) is 0 Å². The van der Waals surface area contributed by atoms with Crippen LogP contribution in [-0.2, 0) is 9.84 Å². The molecule has 19 heavy (non-hydrogen) atoms. The van der Waals surface area contributed by atoms with Gasteiger partial charge >= 0.3 is 0 Å². The molecule has 1 heterocycles. The molecule has 2 atom stereocenters.